The van der Waals surface area contributed by atoms with E-state index < -0.39 is 31.0 Å². The van der Waals surface area contributed by atoms with Gasteiger partial charge >= 0.3 is 0 Å². The molecule has 4 unspecified atom stereocenters. The van der Waals surface area contributed by atoms with Gasteiger partial charge in [-0.05, 0) is 6.42 Å². The number of carbonyl (C=O) groups is 1. The van der Waals surface area contributed by atoms with E-state index in [1.807, 2.05) is 0 Å². The van der Waals surface area contributed by atoms with Gasteiger partial charge in [0.1, 0.15) is 24.4 Å². The Labute approximate surface area is 100.0 Å². The van der Waals surface area contributed by atoms with Crippen LogP contribution in [0.25, 0.3) is 0 Å². The van der Waals surface area contributed by atoms with Gasteiger partial charge in [-0.15, -0.1) is 0 Å². The lowest BCUT2D eigenvalue weighted by molar-refractivity contribution is -0.136. The zero-order valence-corrected chi connectivity index (χ0v) is 9.81. The van der Waals surface area contributed by atoms with Crippen molar-refractivity contribution in [1.29, 1.82) is 0 Å². The summed E-state index contributed by atoms with van der Waals surface area (Å²) in [5.41, 5.74) is 0. The molecule has 0 saturated carbocycles. The fraction of sp³-hybridized carbons (Fsp3) is 0.900. The van der Waals surface area contributed by atoms with Crippen molar-refractivity contribution in [3.8, 4) is 0 Å². The number of hydrogen-bond donors (Lipinski definition) is 6. The molecule has 0 spiro atoms. The topological polar surface area (TPSA) is 138 Å². The molecule has 6 N–H and O–H groups in total. The van der Waals surface area contributed by atoms with Gasteiger partial charge in [0.05, 0.1) is 6.61 Å². The molecular weight excluding hydrogens is 232 g/mol. The first-order chi connectivity index (χ1) is 7.95. The van der Waals surface area contributed by atoms with Crippen molar-refractivity contribution >= 4 is 6.29 Å². The number of carbonyl (C=O) groups excluding carboxylic acids is 1. The number of rotatable bonds is 7. The van der Waals surface area contributed by atoms with Crippen molar-refractivity contribution < 1.29 is 35.4 Å². The molecule has 104 valence electrons. The van der Waals surface area contributed by atoms with E-state index in [1.165, 1.54) is 0 Å². The summed E-state index contributed by atoms with van der Waals surface area (Å²) in [6.45, 7) is 1.64. The molecule has 0 amide bonds. The highest BCUT2D eigenvalue weighted by molar-refractivity contribution is 5.56. The minimum Gasteiger partial charge on any atom is -0.396 e. The third-order valence-electron chi connectivity index (χ3n) is 1.93. The van der Waals surface area contributed by atoms with E-state index in [0.29, 0.717) is 6.61 Å². The van der Waals surface area contributed by atoms with Gasteiger partial charge in [-0.2, -0.15) is 0 Å². The van der Waals surface area contributed by atoms with E-state index in [9.17, 15) is 4.79 Å². The van der Waals surface area contributed by atoms with Gasteiger partial charge in [0.2, 0.25) is 0 Å². The summed E-state index contributed by atoms with van der Waals surface area (Å²) in [5, 5.41) is 51.6. The van der Waals surface area contributed by atoms with Gasteiger partial charge in [0.25, 0.3) is 0 Å². The van der Waals surface area contributed by atoms with Crippen molar-refractivity contribution in [3.63, 3.8) is 0 Å². The fourth-order valence-corrected chi connectivity index (χ4v) is 0.776. The van der Waals surface area contributed by atoms with Gasteiger partial charge in [0, 0.05) is 6.61 Å². The van der Waals surface area contributed by atoms with Crippen LogP contribution in [-0.4, -0.2) is 74.6 Å². The van der Waals surface area contributed by atoms with Crippen LogP contribution >= 0.6 is 0 Å². The first-order valence-electron chi connectivity index (χ1n) is 5.35. The van der Waals surface area contributed by atoms with E-state index in [-0.39, 0.29) is 6.29 Å². The molecule has 0 aliphatic carbocycles. The quantitative estimate of drug-likeness (QED) is 0.274. The minimum absolute atomic E-state index is 0.0258. The Bertz CT molecular complexity index is 174. The lowest BCUT2D eigenvalue weighted by atomic mass is 10.0. The third kappa shape index (κ3) is 9.16. The van der Waals surface area contributed by atoms with E-state index >= 15 is 0 Å². The van der Waals surface area contributed by atoms with Crippen molar-refractivity contribution in [2.24, 2.45) is 0 Å². The van der Waals surface area contributed by atoms with E-state index in [4.69, 9.17) is 30.6 Å². The second-order valence-corrected chi connectivity index (χ2v) is 3.43. The molecule has 0 rings (SSSR count). The minimum atomic E-state index is -1.79. The van der Waals surface area contributed by atoms with Crippen molar-refractivity contribution in [2.45, 2.75) is 44.2 Å². The lowest BCUT2D eigenvalue weighted by Gasteiger charge is -2.22. The maximum absolute atomic E-state index is 9.90. The summed E-state index contributed by atoms with van der Waals surface area (Å²) in [7, 11) is 0. The van der Waals surface area contributed by atoms with Gasteiger partial charge in [-0.1, -0.05) is 13.3 Å². The molecule has 7 heteroatoms. The molecule has 7 nitrogen and oxygen atoms in total. The molecule has 0 aromatic heterocycles. The van der Waals surface area contributed by atoms with Crippen LogP contribution in [0.3, 0.4) is 0 Å². The maximum Gasteiger partial charge on any atom is 0.151 e. The SMILES string of the molecule is CCCCO.O=CC(O)C(O)C(O)C(O)CO. The highest BCUT2D eigenvalue weighted by atomic mass is 16.4. The van der Waals surface area contributed by atoms with Crippen molar-refractivity contribution in [3.05, 3.63) is 0 Å². The van der Waals surface area contributed by atoms with Gasteiger partial charge in [-0.3, -0.25) is 0 Å². The first-order valence-corrected chi connectivity index (χ1v) is 5.35. The van der Waals surface area contributed by atoms with Crippen LogP contribution in [0.4, 0.5) is 0 Å². The average Bonchev–Trinajstić information content (AvgIpc) is 2.36. The average molecular weight is 254 g/mol. The van der Waals surface area contributed by atoms with E-state index in [1.54, 1.807) is 0 Å². The fourth-order valence-electron chi connectivity index (χ4n) is 0.776. The Hall–Kier alpha value is -0.570. The molecule has 0 radical (unpaired) electrons. The first kappa shape index (κ1) is 18.8. The van der Waals surface area contributed by atoms with Crippen molar-refractivity contribution in [1.82, 2.24) is 0 Å². The second-order valence-electron chi connectivity index (χ2n) is 3.43. The van der Waals surface area contributed by atoms with Gasteiger partial charge < -0.3 is 35.4 Å². The summed E-state index contributed by atoms with van der Waals surface area (Å²) in [6, 6.07) is 0. The lowest BCUT2D eigenvalue weighted by Crippen LogP contribution is -2.46. The summed E-state index contributed by atoms with van der Waals surface area (Å²) in [6.07, 6.45) is -4.80. The number of unbranched alkanes of at least 4 members (excludes halogenated alkanes) is 1. The van der Waals surface area contributed by atoms with Crippen LogP contribution < -0.4 is 0 Å². The number of aldehydes is 1. The Morgan fingerprint density at radius 3 is 1.82 bits per heavy atom. The molecule has 0 aromatic rings. The summed E-state index contributed by atoms with van der Waals surface area (Å²) < 4.78 is 0. The molecule has 0 heterocycles. The highest BCUT2D eigenvalue weighted by Gasteiger charge is 2.29. The van der Waals surface area contributed by atoms with Crippen LogP contribution in [0.2, 0.25) is 0 Å². The number of hydrogen-bond acceptors (Lipinski definition) is 7. The number of aliphatic hydroxyl groups is 6. The molecule has 4 atom stereocenters. The van der Waals surface area contributed by atoms with Gasteiger partial charge in [-0.25, -0.2) is 0 Å². The van der Waals surface area contributed by atoms with Crippen LogP contribution in [0, 0.1) is 0 Å². The van der Waals surface area contributed by atoms with Crippen LogP contribution in [0.1, 0.15) is 19.8 Å². The largest absolute Gasteiger partial charge is 0.396 e. The molecule has 0 saturated heterocycles. The smallest absolute Gasteiger partial charge is 0.151 e. The predicted octanol–water partition coefficient (Wildman–Crippen LogP) is -2.60. The molecule has 0 bridgehead atoms. The molecule has 0 aromatic carbocycles. The normalized spacial score (nSPS) is 17.4. The van der Waals surface area contributed by atoms with E-state index in [0.717, 1.165) is 12.8 Å². The Morgan fingerprint density at radius 1 is 1.06 bits per heavy atom. The third-order valence-corrected chi connectivity index (χ3v) is 1.93. The van der Waals surface area contributed by atoms with Crippen LogP contribution in [-0.2, 0) is 4.79 Å². The second kappa shape index (κ2) is 11.9. The molecule has 0 aliphatic rings. The molecule has 17 heavy (non-hydrogen) atoms. The Morgan fingerprint density at radius 2 is 1.59 bits per heavy atom. The summed E-state index contributed by atoms with van der Waals surface area (Å²) >= 11 is 0. The Balaban J connectivity index is 0. The molecule has 0 aliphatic heterocycles. The summed E-state index contributed by atoms with van der Waals surface area (Å²) in [5.74, 6) is 0. The standard InChI is InChI=1S/C6H12O6.C4H10O/c7-1-3(9)5(11)6(12)4(10)2-8;1-2-3-4-5/h1,3-6,8-12H,2H2;5H,2-4H2,1H3. The predicted molar refractivity (Wildman–Crippen MR) is 59.2 cm³/mol. The molecular formula is C10H22O7. The van der Waals surface area contributed by atoms with E-state index in [2.05, 4.69) is 6.92 Å². The Kier molecular flexibility index (Phi) is 13.2. The summed E-state index contributed by atoms with van der Waals surface area (Å²) in [4.78, 5) is 9.90. The zero-order chi connectivity index (χ0) is 13.8. The highest BCUT2D eigenvalue weighted by Crippen LogP contribution is 2.02. The maximum atomic E-state index is 9.90. The van der Waals surface area contributed by atoms with Crippen molar-refractivity contribution in [2.75, 3.05) is 13.2 Å². The monoisotopic (exact) mass is 254 g/mol. The number of aliphatic hydroxyl groups excluding tert-OH is 6. The van der Waals surface area contributed by atoms with Crippen LogP contribution in [0.5, 0.6) is 0 Å². The zero-order valence-electron chi connectivity index (χ0n) is 9.81. The van der Waals surface area contributed by atoms with Gasteiger partial charge in [0.15, 0.2) is 6.29 Å². The molecule has 0 fully saturated rings. The van der Waals surface area contributed by atoms with Crippen LogP contribution in [0.15, 0.2) is 0 Å².